The Morgan fingerprint density at radius 1 is 1.23 bits per heavy atom. The van der Waals surface area contributed by atoms with E-state index in [-0.39, 0.29) is 18.4 Å². The molecular formula is C20H21F2N7S. The van der Waals surface area contributed by atoms with Gasteiger partial charge >= 0.3 is 0 Å². The van der Waals surface area contributed by atoms with E-state index in [2.05, 4.69) is 25.7 Å². The monoisotopic (exact) mass is 429 g/mol. The van der Waals surface area contributed by atoms with Crippen LogP contribution in [-0.2, 0) is 12.0 Å². The maximum absolute atomic E-state index is 13.9. The summed E-state index contributed by atoms with van der Waals surface area (Å²) < 4.78 is 29.4. The zero-order valence-corrected chi connectivity index (χ0v) is 17.7. The molecule has 2 aromatic heterocycles. The van der Waals surface area contributed by atoms with Gasteiger partial charge in [-0.2, -0.15) is 5.26 Å². The molecule has 3 heterocycles. The third-order valence-electron chi connectivity index (χ3n) is 4.93. The van der Waals surface area contributed by atoms with Crippen LogP contribution in [0.25, 0.3) is 11.2 Å². The highest BCUT2D eigenvalue weighted by atomic mass is 32.2. The molecule has 0 radical (unpaired) electrons. The highest BCUT2D eigenvalue weighted by Gasteiger charge is 2.40. The first-order valence-electron chi connectivity index (χ1n) is 9.56. The Morgan fingerprint density at radius 3 is 2.67 bits per heavy atom. The molecule has 4 rings (SSSR count). The topological polar surface area (TPSA) is 83.5 Å². The average molecular weight is 430 g/mol. The summed E-state index contributed by atoms with van der Waals surface area (Å²) in [4.78, 5) is 11.7. The Bertz CT molecular complexity index is 1130. The lowest BCUT2D eigenvalue weighted by Crippen LogP contribution is -2.27. The highest BCUT2D eigenvalue weighted by molar-refractivity contribution is 8.03. The van der Waals surface area contributed by atoms with E-state index in [1.807, 2.05) is 45.0 Å². The van der Waals surface area contributed by atoms with Crippen LogP contribution in [0.1, 0.15) is 38.6 Å². The standard InChI is InChI=1S/C20H21F2N7S/c1-19(2,3)18-24-16(28-9-8-20(21,22)11-28)15-17(25-18)29(27-26-15)10-13-6-4-5-7-14(13)30-12-23/h4-7H,8-11H2,1-3H3. The number of thiocyanates is 1. The van der Waals surface area contributed by atoms with E-state index in [0.717, 1.165) is 22.2 Å². The fraction of sp³-hybridized carbons (Fsp3) is 0.450. The lowest BCUT2D eigenvalue weighted by molar-refractivity contribution is 0.0257. The molecule has 0 amide bonds. The lowest BCUT2D eigenvalue weighted by atomic mass is 9.96. The minimum atomic E-state index is -2.75. The summed E-state index contributed by atoms with van der Waals surface area (Å²) in [6.07, 6.45) is -0.212. The Balaban J connectivity index is 1.82. The Labute approximate surface area is 177 Å². The minimum absolute atomic E-state index is 0.206. The van der Waals surface area contributed by atoms with Crippen LogP contribution in [0.15, 0.2) is 29.2 Å². The average Bonchev–Trinajstić information content (AvgIpc) is 3.25. The van der Waals surface area contributed by atoms with Gasteiger partial charge in [0.25, 0.3) is 5.92 Å². The molecule has 0 bridgehead atoms. The number of hydrogen-bond donors (Lipinski definition) is 0. The number of nitriles is 1. The maximum atomic E-state index is 13.9. The molecule has 1 aliphatic heterocycles. The number of fused-ring (bicyclic) bond motifs is 1. The van der Waals surface area contributed by atoms with Gasteiger partial charge in [0.1, 0.15) is 11.2 Å². The van der Waals surface area contributed by atoms with Crippen molar-refractivity contribution in [2.24, 2.45) is 0 Å². The minimum Gasteiger partial charge on any atom is -0.348 e. The summed E-state index contributed by atoms with van der Waals surface area (Å²) in [5, 5.41) is 19.6. The maximum Gasteiger partial charge on any atom is 0.266 e. The molecule has 1 aliphatic rings. The number of nitrogens with zero attached hydrogens (tertiary/aromatic N) is 7. The van der Waals surface area contributed by atoms with Crippen LogP contribution in [0.2, 0.25) is 0 Å². The number of anilines is 1. The van der Waals surface area contributed by atoms with Crippen LogP contribution in [0, 0.1) is 10.7 Å². The Hall–Kier alpha value is -2.80. The summed E-state index contributed by atoms with van der Waals surface area (Å²) in [7, 11) is 0. The van der Waals surface area contributed by atoms with Gasteiger partial charge < -0.3 is 4.90 Å². The molecule has 156 valence electrons. The zero-order chi connectivity index (χ0) is 21.5. The Kier molecular flexibility index (Phi) is 5.10. The zero-order valence-electron chi connectivity index (χ0n) is 16.9. The quantitative estimate of drug-likeness (QED) is 0.458. The summed E-state index contributed by atoms with van der Waals surface area (Å²) in [5.74, 6) is -1.81. The summed E-state index contributed by atoms with van der Waals surface area (Å²) in [6, 6.07) is 7.55. The van der Waals surface area contributed by atoms with Crippen molar-refractivity contribution < 1.29 is 8.78 Å². The molecule has 1 aromatic carbocycles. The predicted molar refractivity (Wildman–Crippen MR) is 111 cm³/mol. The van der Waals surface area contributed by atoms with Crippen molar-refractivity contribution in [2.45, 2.75) is 50.0 Å². The van der Waals surface area contributed by atoms with Gasteiger partial charge in [-0.15, -0.1) is 5.10 Å². The highest BCUT2D eigenvalue weighted by Crippen LogP contribution is 2.34. The SMILES string of the molecule is CC(C)(C)c1nc(N2CCC(F)(F)C2)c2nnn(Cc3ccccc3SC#N)c2n1. The Morgan fingerprint density at radius 2 is 2.00 bits per heavy atom. The first kappa shape index (κ1) is 20.5. The van der Waals surface area contributed by atoms with E-state index in [4.69, 9.17) is 5.26 Å². The molecule has 1 fully saturated rings. The van der Waals surface area contributed by atoms with Gasteiger partial charge in [-0.05, 0) is 23.4 Å². The number of benzene rings is 1. The van der Waals surface area contributed by atoms with E-state index in [9.17, 15) is 8.78 Å². The molecule has 30 heavy (non-hydrogen) atoms. The fourth-order valence-electron chi connectivity index (χ4n) is 3.37. The van der Waals surface area contributed by atoms with Gasteiger partial charge in [-0.3, -0.25) is 0 Å². The van der Waals surface area contributed by atoms with Crippen LogP contribution >= 0.6 is 11.8 Å². The summed E-state index contributed by atoms with van der Waals surface area (Å²) in [5.41, 5.74) is 1.43. The van der Waals surface area contributed by atoms with Crippen LogP contribution in [0.4, 0.5) is 14.6 Å². The molecule has 3 aromatic rings. The molecule has 0 aliphatic carbocycles. The van der Waals surface area contributed by atoms with Gasteiger partial charge in [0.15, 0.2) is 17.0 Å². The predicted octanol–water partition coefficient (Wildman–Crippen LogP) is 3.99. The second-order valence-corrected chi connectivity index (χ2v) is 9.20. The summed E-state index contributed by atoms with van der Waals surface area (Å²) in [6.45, 7) is 6.10. The molecule has 7 nitrogen and oxygen atoms in total. The molecule has 0 unspecified atom stereocenters. The van der Waals surface area contributed by atoms with Gasteiger partial charge in [0.05, 0.1) is 13.1 Å². The fourth-order valence-corrected chi connectivity index (χ4v) is 3.87. The van der Waals surface area contributed by atoms with Gasteiger partial charge in [0.2, 0.25) is 0 Å². The van der Waals surface area contributed by atoms with Crippen LogP contribution in [0.5, 0.6) is 0 Å². The molecule has 1 saturated heterocycles. The van der Waals surface area contributed by atoms with E-state index in [1.165, 1.54) is 0 Å². The van der Waals surface area contributed by atoms with Crippen LogP contribution in [0.3, 0.4) is 0 Å². The van der Waals surface area contributed by atoms with Crippen LogP contribution in [-0.4, -0.2) is 44.0 Å². The second kappa shape index (κ2) is 7.47. The number of aromatic nitrogens is 5. The normalized spacial score (nSPS) is 16.2. The molecule has 10 heteroatoms. The smallest absolute Gasteiger partial charge is 0.266 e. The third kappa shape index (κ3) is 3.94. The van der Waals surface area contributed by atoms with Gasteiger partial charge in [0, 0.05) is 23.3 Å². The van der Waals surface area contributed by atoms with Crippen molar-refractivity contribution in [3.8, 4) is 5.40 Å². The van der Waals surface area contributed by atoms with Gasteiger partial charge in [-0.25, -0.2) is 23.4 Å². The molecule has 0 N–H and O–H groups in total. The van der Waals surface area contributed by atoms with E-state index >= 15 is 0 Å². The van der Waals surface area contributed by atoms with E-state index in [1.54, 1.807) is 9.58 Å². The lowest BCUT2D eigenvalue weighted by Gasteiger charge is -2.22. The van der Waals surface area contributed by atoms with E-state index < -0.39 is 12.5 Å². The van der Waals surface area contributed by atoms with Crippen LogP contribution < -0.4 is 4.90 Å². The van der Waals surface area contributed by atoms with Crippen molar-refractivity contribution in [1.82, 2.24) is 25.0 Å². The van der Waals surface area contributed by atoms with Crippen molar-refractivity contribution in [2.75, 3.05) is 18.0 Å². The number of thioether (sulfide) groups is 1. The first-order valence-corrected chi connectivity index (χ1v) is 10.4. The second-order valence-electron chi connectivity index (χ2n) is 8.37. The molecular weight excluding hydrogens is 408 g/mol. The molecule has 0 spiro atoms. The van der Waals surface area contributed by atoms with Crippen molar-refractivity contribution in [3.05, 3.63) is 35.7 Å². The number of alkyl halides is 2. The van der Waals surface area contributed by atoms with Gasteiger partial charge in [-0.1, -0.05) is 44.2 Å². The molecule has 0 saturated carbocycles. The third-order valence-corrected chi connectivity index (χ3v) is 5.64. The summed E-state index contributed by atoms with van der Waals surface area (Å²) >= 11 is 1.08. The van der Waals surface area contributed by atoms with E-state index in [0.29, 0.717) is 29.4 Å². The van der Waals surface area contributed by atoms with Crippen molar-refractivity contribution >= 4 is 28.7 Å². The number of rotatable bonds is 4. The largest absolute Gasteiger partial charge is 0.348 e. The first-order chi connectivity index (χ1) is 14.2. The number of hydrogen-bond acceptors (Lipinski definition) is 7. The van der Waals surface area contributed by atoms with Crippen molar-refractivity contribution in [3.63, 3.8) is 0 Å². The molecule has 0 atom stereocenters. The van der Waals surface area contributed by atoms with Crippen molar-refractivity contribution in [1.29, 1.82) is 5.26 Å². The number of halogens is 2.